The summed E-state index contributed by atoms with van der Waals surface area (Å²) in [5.74, 6) is 0. The standard InChI is InChI=1S/C26H18N2/c1-3-9-19(10-4-1)21-15-22(20-11-5-2-6-12-20)17-23(16-21)26-24-13-7-8-14-25(24)27-18-28-26/h1-18H. The van der Waals surface area contributed by atoms with E-state index in [9.17, 15) is 0 Å². The molecule has 0 amide bonds. The van der Waals surface area contributed by atoms with Crippen molar-refractivity contribution in [2.24, 2.45) is 0 Å². The predicted octanol–water partition coefficient (Wildman–Crippen LogP) is 6.63. The SMILES string of the molecule is c1ccc(-c2cc(-c3ccccc3)cc(-c3ncnc4ccccc34)c2)cc1. The molecule has 0 saturated carbocycles. The Kier molecular flexibility index (Phi) is 4.15. The number of hydrogen-bond donors (Lipinski definition) is 0. The van der Waals surface area contributed by atoms with Crippen molar-refractivity contribution < 1.29 is 0 Å². The van der Waals surface area contributed by atoms with Crippen LogP contribution in [0.5, 0.6) is 0 Å². The fraction of sp³-hybridized carbons (Fsp3) is 0. The molecule has 0 atom stereocenters. The molecule has 0 fully saturated rings. The first-order chi connectivity index (χ1) is 13.9. The molecule has 1 heterocycles. The molecule has 0 bridgehead atoms. The van der Waals surface area contributed by atoms with Crippen LogP contribution in [0.25, 0.3) is 44.4 Å². The van der Waals surface area contributed by atoms with Gasteiger partial charge in [-0.2, -0.15) is 0 Å². The van der Waals surface area contributed by atoms with Crippen molar-refractivity contribution in [3.63, 3.8) is 0 Å². The molecule has 0 unspecified atom stereocenters. The third kappa shape index (κ3) is 3.06. The predicted molar refractivity (Wildman–Crippen MR) is 116 cm³/mol. The molecule has 0 radical (unpaired) electrons. The topological polar surface area (TPSA) is 25.8 Å². The van der Waals surface area contributed by atoms with Crippen molar-refractivity contribution in [3.05, 3.63) is 109 Å². The Labute approximate surface area is 164 Å². The summed E-state index contributed by atoms with van der Waals surface area (Å²) < 4.78 is 0. The van der Waals surface area contributed by atoms with E-state index in [1.54, 1.807) is 6.33 Å². The first kappa shape index (κ1) is 16.4. The lowest BCUT2D eigenvalue weighted by Crippen LogP contribution is -1.91. The number of rotatable bonds is 3. The summed E-state index contributed by atoms with van der Waals surface area (Å²) >= 11 is 0. The maximum atomic E-state index is 4.64. The minimum absolute atomic E-state index is 0.957. The summed E-state index contributed by atoms with van der Waals surface area (Å²) in [4.78, 5) is 9.05. The molecule has 132 valence electrons. The van der Waals surface area contributed by atoms with Gasteiger partial charge in [0, 0.05) is 10.9 Å². The van der Waals surface area contributed by atoms with Crippen LogP contribution in [0, 0.1) is 0 Å². The lowest BCUT2D eigenvalue weighted by atomic mass is 9.94. The van der Waals surface area contributed by atoms with Gasteiger partial charge in [0.1, 0.15) is 6.33 Å². The van der Waals surface area contributed by atoms with Crippen LogP contribution in [-0.2, 0) is 0 Å². The highest BCUT2D eigenvalue weighted by Gasteiger charge is 2.11. The maximum absolute atomic E-state index is 4.64. The molecule has 0 aliphatic heterocycles. The van der Waals surface area contributed by atoms with E-state index in [0.29, 0.717) is 0 Å². The van der Waals surface area contributed by atoms with Gasteiger partial charge in [-0.05, 0) is 46.5 Å². The van der Waals surface area contributed by atoms with Crippen molar-refractivity contribution in [1.82, 2.24) is 9.97 Å². The smallest absolute Gasteiger partial charge is 0.116 e. The van der Waals surface area contributed by atoms with Gasteiger partial charge in [-0.15, -0.1) is 0 Å². The summed E-state index contributed by atoms with van der Waals surface area (Å²) in [5, 5.41) is 1.06. The molecule has 1 aromatic heterocycles. The van der Waals surface area contributed by atoms with Crippen molar-refractivity contribution in [2.45, 2.75) is 0 Å². The minimum Gasteiger partial charge on any atom is -0.236 e. The Morgan fingerprint density at radius 1 is 0.429 bits per heavy atom. The number of benzene rings is 4. The molecule has 2 nitrogen and oxygen atoms in total. The molecule has 0 aliphatic carbocycles. The third-order valence-electron chi connectivity index (χ3n) is 4.96. The van der Waals surface area contributed by atoms with Gasteiger partial charge < -0.3 is 0 Å². The molecular formula is C26H18N2. The van der Waals surface area contributed by atoms with E-state index in [1.807, 2.05) is 30.3 Å². The van der Waals surface area contributed by atoms with Crippen LogP contribution >= 0.6 is 0 Å². The van der Waals surface area contributed by atoms with Crippen LogP contribution in [0.2, 0.25) is 0 Å². The summed E-state index contributed by atoms with van der Waals surface area (Å²) in [5.41, 5.74) is 7.76. The monoisotopic (exact) mass is 358 g/mol. The molecule has 5 rings (SSSR count). The van der Waals surface area contributed by atoms with Gasteiger partial charge >= 0.3 is 0 Å². The lowest BCUT2D eigenvalue weighted by molar-refractivity contribution is 1.22. The average Bonchev–Trinajstić information content (AvgIpc) is 2.79. The summed E-state index contributed by atoms with van der Waals surface area (Å²) in [6.45, 7) is 0. The van der Waals surface area contributed by atoms with E-state index >= 15 is 0 Å². The van der Waals surface area contributed by atoms with Crippen LogP contribution in [-0.4, -0.2) is 9.97 Å². The van der Waals surface area contributed by atoms with Crippen LogP contribution in [0.4, 0.5) is 0 Å². The number of hydrogen-bond acceptors (Lipinski definition) is 2. The molecule has 4 aromatic carbocycles. The van der Waals surface area contributed by atoms with Gasteiger partial charge in [-0.3, -0.25) is 0 Å². The van der Waals surface area contributed by atoms with E-state index in [0.717, 1.165) is 22.2 Å². The Morgan fingerprint density at radius 2 is 0.964 bits per heavy atom. The highest BCUT2D eigenvalue weighted by Crippen LogP contribution is 2.34. The fourth-order valence-electron chi connectivity index (χ4n) is 3.59. The molecular weight excluding hydrogens is 340 g/mol. The van der Waals surface area contributed by atoms with E-state index in [4.69, 9.17) is 0 Å². The van der Waals surface area contributed by atoms with E-state index in [-0.39, 0.29) is 0 Å². The summed E-state index contributed by atoms with van der Waals surface area (Å²) in [6.07, 6.45) is 1.65. The van der Waals surface area contributed by atoms with Gasteiger partial charge in [0.15, 0.2) is 0 Å². The largest absolute Gasteiger partial charge is 0.236 e. The fourth-order valence-corrected chi connectivity index (χ4v) is 3.59. The van der Waals surface area contributed by atoms with Crippen LogP contribution in [0.15, 0.2) is 109 Å². The highest BCUT2D eigenvalue weighted by atomic mass is 14.8. The average molecular weight is 358 g/mol. The third-order valence-corrected chi connectivity index (χ3v) is 4.96. The van der Waals surface area contributed by atoms with E-state index < -0.39 is 0 Å². The van der Waals surface area contributed by atoms with Gasteiger partial charge in [0.2, 0.25) is 0 Å². The maximum Gasteiger partial charge on any atom is 0.116 e. The second-order valence-electron chi connectivity index (χ2n) is 6.77. The quantitative estimate of drug-likeness (QED) is 0.362. The van der Waals surface area contributed by atoms with Gasteiger partial charge in [0.05, 0.1) is 11.2 Å². The first-order valence-electron chi connectivity index (χ1n) is 9.34. The summed E-state index contributed by atoms with van der Waals surface area (Å²) in [7, 11) is 0. The minimum atomic E-state index is 0.957. The van der Waals surface area contributed by atoms with Crippen LogP contribution in [0.3, 0.4) is 0 Å². The van der Waals surface area contributed by atoms with Crippen molar-refractivity contribution in [2.75, 3.05) is 0 Å². The molecule has 2 heteroatoms. The lowest BCUT2D eigenvalue weighted by Gasteiger charge is -2.12. The zero-order chi connectivity index (χ0) is 18.8. The zero-order valence-electron chi connectivity index (χ0n) is 15.3. The summed E-state index contributed by atoms with van der Waals surface area (Å²) in [6, 6.07) is 35.8. The van der Waals surface area contributed by atoms with E-state index in [2.05, 4.69) is 82.8 Å². The van der Waals surface area contributed by atoms with Crippen molar-refractivity contribution >= 4 is 10.9 Å². The van der Waals surface area contributed by atoms with Crippen LogP contribution in [0.1, 0.15) is 0 Å². The molecule has 0 saturated heterocycles. The molecule has 5 aromatic rings. The van der Waals surface area contributed by atoms with Crippen molar-refractivity contribution in [1.29, 1.82) is 0 Å². The zero-order valence-corrected chi connectivity index (χ0v) is 15.3. The number of nitrogens with zero attached hydrogens (tertiary/aromatic N) is 2. The Balaban J connectivity index is 1.78. The van der Waals surface area contributed by atoms with Crippen molar-refractivity contribution in [3.8, 4) is 33.5 Å². The second kappa shape index (κ2) is 7.09. The van der Waals surface area contributed by atoms with E-state index in [1.165, 1.54) is 22.3 Å². The molecule has 0 N–H and O–H groups in total. The molecule has 28 heavy (non-hydrogen) atoms. The number of fused-ring (bicyclic) bond motifs is 1. The Morgan fingerprint density at radius 3 is 1.61 bits per heavy atom. The van der Waals surface area contributed by atoms with Gasteiger partial charge in [-0.25, -0.2) is 9.97 Å². The molecule has 0 aliphatic rings. The molecule has 0 spiro atoms. The Bertz CT molecular complexity index is 1180. The number of para-hydroxylation sites is 1. The van der Waals surface area contributed by atoms with Crippen LogP contribution < -0.4 is 0 Å². The van der Waals surface area contributed by atoms with Gasteiger partial charge in [-0.1, -0.05) is 78.9 Å². The normalized spacial score (nSPS) is 10.9. The second-order valence-corrected chi connectivity index (χ2v) is 6.77. The Hall–Kier alpha value is -3.78. The number of aromatic nitrogens is 2. The highest BCUT2D eigenvalue weighted by molar-refractivity contribution is 5.94. The van der Waals surface area contributed by atoms with Gasteiger partial charge in [0.25, 0.3) is 0 Å². The first-order valence-corrected chi connectivity index (χ1v) is 9.34.